The van der Waals surface area contributed by atoms with Gasteiger partial charge in [0.25, 0.3) is 0 Å². The van der Waals surface area contributed by atoms with Crippen LogP contribution in [0.15, 0.2) is 60.0 Å². The Hall–Kier alpha value is -3.23. The molecule has 0 bridgehead atoms. The highest BCUT2D eigenvalue weighted by Crippen LogP contribution is 2.23. The maximum atomic E-state index is 11.8. The monoisotopic (exact) mass is 360 g/mol. The number of aromatic nitrogens is 1. The van der Waals surface area contributed by atoms with E-state index in [0.29, 0.717) is 5.56 Å². The molecule has 0 saturated carbocycles. The van der Waals surface area contributed by atoms with E-state index in [2.05, 4.69) is 11.1 Å². The summed E-state index contributed by atoms with van der Waals surface area (Å²) in [5.74, 6) is -0.408. The van der Waals surface area contributed by atoms with Gasteiger partial charge in [-0.2, -0.15) is 5.26 Å². The second-order valence-electron chi connectivity index (χ2n) is 5.59. The molecular formula is C21H16N2O2S. The molecule has 4 nitrogen and oxygen atoms in total. The van der Waals surface area contributed by atoms with E-state index in [1.807, 2.05) is 54.8 Å². The normalized spacial score (nSPS) is 10.6. The maximum Gasteiger partial charge on any atom is 0.331 e. The topological polar surface area (TPSA) is 63.0 Å². The molecule has 0 unspecified atom stereocenters. The number of carbonyl (C=O) groups excluding carboxylic acids is 1. The third kappa shape index (κ3) is 4.44. The second-order valence-corrected chi connectivity index (χ2v) is 6.65. The van der Waals surface area contributed by atoms with Gasteiger partial charge in [0, 0.05) is 11.5 Å². The number of ether oxygens (including phenoxy) is 1. The minimum Gasteiger partial charge on any atom is -0.458 e. The van der Waals surface area contributed by atoms with Crippen LogP contribution in [0.4, 0.5) is 0 Å². The van der Waals surface area contributed by atoms with Gasteiger partial charge in [0.05, 0.1) is 22.3 Å². The van der Waals surface area contributed by atoms with Gasteiger partial charge in [-0.15, -0.1) is 11.3 Å². The Kier molecular flexibility index (Phi) is 5.57. The number of carbonyl (C=O) groups is 1. The largest absolute Gasteiger partial charge is 0.458 e. The van der Waals surface area contributed by atoms with Crippen LogP contribution in [0.25, 0.3) is 17.2 Å². The van der Waals surface area contributed by atoms with Crippen LogP contribution in [0.1, 0.15) is 21.8 Å². The molecule has 0 fully saturated rings. The first-order valence-electron chi connectivity index (χ1n) is 8.01. The van der Waals surface area contributed by atoms with Gasteiger partial charge in [-0.3, -0.25) is 0 Å². The molecule has 0 amide bonds. The van der Waals surface area contributed by atoms with Crippen LogP contribution in [-0.4, -0.2) is 11.0 Å². The fourth-order valence-corrected chi connectivity index (χ4v) is 3.01. The fraction of sp³-hybridized carbons (Fsp3) is 0.0952. The lowest BCUT2D eigenvalue weighted by atomic mass is 9.99. The molecule has 0 radical (unpaired) electrons. The Balaban J connectivity index is 1.60. The first kappa shape index (κ1) is 17.6. The van der Waals surface area contributed by atoms with Gasteiger partial charge < -0.3 is 4.74 Å². The first-order chi connectivity index (χ1) is 12.7. The minimum atomic E-state index is -0.408. The van der Waals surface area contributed by atoms with E-state index in [1.54, 1.807) is 12.1 Å². The summed E-state index contributed by atoms with van der Waals surface area (Å²) in [4.78, 5) is 16.1. The van der Waals surface area contributed by atoms with E-state index in [0.717, 1.165) is 27.4 Å². The molecule has 2 aromatic carbocycles. The smallest absolute Gasteiger partial charge is 0.331 e. The van der Waals surface area contributed by atoms with Crippen molar-refractivity contribution in [2.75, 3.05) is 0 Å². The minimum absolute atomic E-state index is 0.194. The van der Waals surface area contributed by atoms with E-state index in [1.165, 1.54) is 17.4 Å². The summed E-state index contributed by atoms with van der Waals surface area (Å²) in [5.41, 5.74) is 4.12. The van der Waals surface area contributed by atoms with Crippen molar-refractivity contribution in [1.29, 1.82) is 5.26 Å². The number of thiazole rings is 1. The van der Waals surface area contributed by atoms with Crippen molar-refractivity contribution in [1.82, 2.24) is 4.98 Å². The van der Waals surface area contributed by atoms with Gasteiger partial charge in [-0.25, -0.2) is 9.78 Å². The van der Waals surface area contributed by atoms with Gasteiger partial charge in [-0.1, -0.05) is 42.5 Å². The number of hydrogen-bond acceptors (Lipinski definition) is 5. The lowest BCUT2D eigenvalue weighted by Gasteiger charge is -2.06. The molecule has 0 aliphatic carbocycles. The van der Waals surface area contributed by atoms with Gasteiger partial charge in [0.1, 0.15) is 6.61 Å². The van der Waals surface area contributed by atoms with Crippen LogP contribution in [0.5, 0.6) is 0 Å². The van der Waals surface area contributed by atoms with E-state index >= 15 is 0 Å². The summed E-state index contributed by atoms with van der Waals surface area (Å²) in [6, 6.07) is 17.3. The standard InChI is InChI=1S/C21H16N2O2S/c1-15-23-19(14-26-15)10-11-21(24)25-13-16-6-8-17(9-7-16)20-5-3-2-4-18(20)12-22/h2-11,14H,13H2,1H3/b11-10+. The summed E-state index contributed by atoms with van der Waals surface area (Å²) >= 11 is 1.53. The van der Waals surface area contributed by atoms with Crippen LogP contribution in [0, 0.1) is 18.3 Å². The Bertz CT molecular complexity index is 982. The number of hydrogen-bond donors (Lipinski definition) is 0. The summed E-state index contributed by atoms with van der Waals surface area (Å²) in [5, 5.41) is 12.0. The quantitative estimate of drug-likeness (QED) is 0.487. The Morgan fingerprint density at radius 1 is 1.23 bits per heavy atom. The zero-order valence-electron chi connectivity index (χ0n) is 14.2. The maximum absolute atomic E-state index is 11.8. The summed E-state index contributed by atoms with van der Waals surface area (Å²) in [6.45, 7) is 2.11. The lowest BCUT2D eigenvalue weighted by Crippen LogP contribution is -2.00. The predicted molar refractivity (Wildman–Crippen MR) is 102 cm³/mol. The first-order valence-corrected chi connectivity index (χ1v) is 8.89. The van der Waals surface area contributed by atoms with Gasteiger partial charge in [0.15, 0.2) is 0 Å². The summed E-state index contributed by atoms with van der Waals surface area (Å²) in [7, 11) is 0. The average Bonchev–Trinajstić information content (AvgIpc) is 3.10. The van der Waals surface area contributed by atoms with Crippen molar-refractivity contribution in [2.24, 2.45) is 0 Å². The van der Waals surface area contributed by atoms with Gasteiger partial charge in [0.2, 0.25) is 0 Å². The number of rotatable bonds is 5. The molecule has 26 heavy (non-hydrogen) atoms. The Morgan fingerprint density at radius 2 is 2.00 bits per heavy atom. The van der Waals surface area contributed by atoms with Crippen LogP contribution >= 0.6 is 11.3 Å². The number of aryl methyl sites for hydroxylation is 1. The number of nitriles is 1. The Morgan fingerprint density at radius 3 is 2.69 bits per heavy atom. The molecule has 5 heteroatoms. The highest BCUT2D eigenvalue weighted by molar-refractivity contribution is 7.09. The van der Waals surface area contributed by atoms with Crippen LogP contribution in [0.2, 0.25) is 0 Å². The van der Waals surface area contributed by atoms with Crippen molar-refractivity contribution < 1.29 is 9.53 Å². The zero-order chi connectivity index (χ0) is 18.4. The molecule has 0 spiro atoms. The highest BCUT2D eigenvalue weighted by Gasteiger charge is 2.05. The lowest BCUT2D eigenvalue weighted by molar-refractivity contribution is -0.138. The van der Waals surface area contributed by atoms with Crippen molar-refractivity contribution in [2.45, 2.75) is 13.5 Å². The molecule has 1 aromatic heterocycles. The number of benzene rings is 2. The molecule has 0 saturated heterocycles. The molecule has 0 aliphatic rings. The molecular weight excluding hydrogens is 344 g/mol. The van der Waals surface area contributed by atoms with Crippen molar-refractivity contribution >= 4 is 23.4 Å². The molecule has 3 rings (SSSR count). The molecule has 128 valence electrons. The number of nitrogens with zero attached hydrogens (tertiary/aromatic N) is 2. The van der Waals surface area contributed by atoms with Crippen molar-refractivity contribution in [3.05, 3.63) is 81.8 Å². The second kappa shape index (κ2) is 8.24. The summed E-state index contributed by atoms with van der Waals surface area (Å²) < 4.78 is 5.24. The van der Waals surface area contributed by atoms with E-state index < -0.39 is 5.97 Å². The van der Waals surface area contributed by atoms with E-state index in [-0.39, 0.29) is 6.61 Å². The third-order valence-corrected chi connectivity index (χ3v) is 4.51. The van der Waals surface area contributed by atoms with Crippen LogP contribution < -0.4 is 0 Å². The average molecular weight is 360 g/mol. The molecule has 0 aliphatic heterocycles. The van der Waals surface area contributed by atoms with Crippen molar-refractivity contribution in [3.8, 4) is 17.2 Å². The SMILES string of the molecule is Cc1nc(/C=C/C(=O)OCc2ccc(-c3ccccc3C#N)cc2)cs1. The molecule has 0 N–H and O–H groups in total. The van der Waals surface area contributed by atoms with Gasteiger partial charge >= 0.3 is 5.97 Å². The zero-order valence-corrected chi connectivity index (χ0v) is 15.0. The fourth-order valence-electron chi connectivity index (χ4n) is 2.43. The predicted octanol–water partition coefficient (Wildman–Crippen LogP) is 4.75. The third-order valence-electron chi connectivity index (χ3n) is 3.72. The van der Waals surface area contributed by atoms with Crippen molar-refractivity contribution in [3.63, 3.8) is 0 Å². The van der Waals surface area contributed by atoms with Gasteiger partial charge in [-0.05, 0) is 35.8 Å². The van der Waals surface area contributed by atoms with E-state index in [9.17, 15) is 10.1 Å². The highest BCUT2D eigenvalue weighted by atomic mass is 32.1. The summed E-state index contributed by atoms with van der Waals surface area (Å²) in [6.07, 6.45) is 3.03. The Labute approximate surface area is 156 Å². The van der Waals surface area contributed by atoms with E-state index in [4.69, 9.17) is 4.74 Å². The van der Waals surface area contributed by atoms with Crippen LogP contribution in [-0.2, 0) is 16.1 Å². The number of esters is 1. The van der Waals surface area contributed by atoms with Crippen LogP contribution in [0.3, 0.4) is 0 Å². The molecule has 3 aromatic rings. The molecule has 1 heterocycles. The molecule has 0 atom stereocenters.